The fraction of sp³-hybridized carbons (Fsp3) is 0.838. The van der Waals surface area contributed by atoms with E-state index in [0.29, 0.717) is 19.4 Å². The summed E-state index contributed by atoms with van der Waals surface area (Å²) in [7, 11) is 0. The fourth-order valence-electron chi connectivity index (χ4n) is 8.94. The van der Waals surface area contributed by atoms with Crippen molar-refractivity contribution in [2.75, 3.05) is 13.1 Å². The van der Waals surface area contributed by atoms with Gasteiger partial charge in [0.15, 0.2) is 0 Å². The molecular formula is C37H63N7O6. The normalized spacial score (nSPS) is 25.8. The van der Waals surface area contributed by atoms with E-state index in [-0.39, 0.29) is 40.5 Å². The first-order valence-corrected chi connectivity index (χ1v) is 18.4. The van der Waals surface area contributed by atoms with Crippen LogP contribution in [0.2, 0.25) is 0 Å². The second-order valence-electron chi connectivity index (χ2n) is 18.9. The van der Waals surface area contributed by atoms with Crippen LogP contribution in [-0.4, -0.2) is 83.1 Å². The molecule has 3 saturated carbocycles. The molecule has 282 valence electrons. The van der Waals surface area contributed by atoms with E-state index >= 15 is 0 Å². The standard InChI is InChI=1S/C37H63N7O6/c1-32(2,3)24(19-40-30(49)34(7,8)39)42-31(50)43-26(33(4,5)6)29(48)44-20-37(35(9,10)36(37)15-12-16-36)18-23(44)28(47)41-22(25(45)27(38)46)17-21-13-11-14-21/h21-24,26H,11-20,39H2,1-10H3,(H2,38,46)(H,40,49)(H,41,47)(H2,42,43,50)/t22?,23-,24+,26+,37+/m0/s1. The number of ketones is 1. The number of carbonyl (C=O) groups excluding carboxylic acids is 6. The number of rotatable bonds is 12. The van der Waals surface area contributed by atoms with E-state index in [1.165, 1.54) is 0 Å². The van der Waals surface area contributed by atoms with Crippen LogP contribution in [0.15, 0.2) is 0 Å². The van der Waals surface area contributed by atoms with Crippen molar-refractivity contribution in [2.45, 2.75) is 150 Å². The van der Waals surface area contributed by atoms with Crippen molar-refractivity contribution in [1.82, 2.24) is 26.2 Å². The molecular weight excluding hydrogens is 638 g/mol. The highest BCUT2D eigenvalue weighted by Gasteiger charge is 2.85. The van der Waals surface area contributed by atoms with E-state index in [0.717, 1.165) is 38.5 Å². The van der Waals surface area contributed by atoms with Crippen molar-refractivity contribution in [1.29, 1.82) is 0 Å². The van der Waals surface area contributed by atoms with Gasteiger partial charge in [-0.15, -0.1) is 0 Å². The molecule has 4 aliphatic rings. The number of nitrogens with two attached hydrogens (primary N) is 2. The van der Waals surface area contributed by atoms with Crippen LogP contribution in [0.3, 0.4) is 0 Å². The molecule has 4 rings (SSSR count). The maximum absolute atomic E-state index is 14.7. The van der Waals surface area contributed by atoms with Crippen molar-refractivity contribution in [3.8, 4) is 0 Å². The second kappa shape index (κ2) is 13.4. The van der Waals surface area contributed by atoms with Gasteiger partial charge in [-0.1, -0.05) is 81.1 Å². The highest BCUT2D eigenvalue weighted by molar-refractivity contribution is 6.37. The van der Waals surface area contributed by atoms with Crippen LogP contribution in [0.1, 0.15) is 121 Å². The lowest BCUT2D eigenvalue weighted by molar-refractivity contribution is -0.143. The zero-order valence-corrected chi connectivity index (χ0v) is 32.0. The van der Waals surface area contributed by atoms with Crippen LogP contribution < -0.4 is 32.7 Å². The lowest BCUT2D eigenvalue weighted by atomic mass is 9.73. The Labute approximate surface area is 297 Å². The van der Waals surface area contributed by atoms with Gasteiger partial charge >= 0.3 is 6.03 Å². The van der Waals surface area contributed by atoms with Crippen molar-refractivity contribution in [2.24, 2.45) is 44.5 Å². The Morgan fingerprint density at radius 3 is 1.86 bits per heavy atom. The number of Topliss-reactive ketones (excluding diaryl/α,β-unsaturated/α-hetero) is 1. The number of likely N-dealkylation sites (tertiary alicyclic amines) is 1. The Morgan fingerprint density at radius 2 is 1.44 bits per heavy atom. The molecule has 0 radical (unpaired) electrons. The minimum absolute atomic E-state index is 0.0203. The largest absolute Gasteiger partial charge is 0.363 e. The molecule has 0 aromatic heterocycles. The van der Waals surface area contributed by atoms with E-state index in [9.17, 15) is 28.8 Å². The van der Waals surface area contributed by atoms with E-state index < -0.39 is 64.2 Å². The predicted octanol–water partition coefficient (Wildman–Crippen LogP) is 2.50. The third kappa shape index (κ3) is 7.25. The topological polar surface area (TPSA) is 206 Å². The van der Waals surface area contributed by atoms with Crippen molar-refractivity contribution in [3.63, 3.8) is 0 Å². The van der Waals surface area contributed by atoms with Crippen molar-refractivity contribution < 1.29 is 28.8 Å². The number of carbonyl (C=O) groups is 6. The lowest BCUT2D eigenvalue weighted by Gasteiger charge is -2.37. The molecule has 1 heterocycles. The first-order chi connectivity index (χ1) is 22.8. The third-order valence-corrected chi connectivity index (χ3v) is 12.9. The lowest BCUT2D eigenvalue weighted by Crippen LogP contribution is -2.62. The fourth-order valence-corrected chi connectivity index (χ4v) is 8.94. The summed E-state index contributed by atoms with van der Waals surface area (Å²) in [5.74, 6) is -2.92. The van der Waals surface area contributed by atoms with Gasteiger partial charge in [-0.3, -0.25) is 24.0 Å². The summed E-state index contributed by atoms with van der Waals surface area (Å²) in [4.78, 5) is 81.6. The molecule has 0 aromatic carbocycles. The van der Waals surface area contributed by atoms with Gasteiger partial charge in [-0.25, -0.2) is 4.79 Å². The average molecular weight is 702 g/mol. The van der Waals surface area contributed by atoms with E-state index in [1.807, 2.05) is 41.5 Å². The molecule has 8 N–H and O–H groups in total. The van der Waals surface area contributed by atoms with Gasteiger partial charge in [0.2, 0.25) is 23.5 Å². The Balaban J connectivity index is 1.59. The van der Waals surface area contributed by atoms with Gasteiger partial charge in [-0.2, -0.15) is 0 Å². The molecule has 50 heavy (non-hydrogen) atoms. The summed E-state index contributed by atoms with van der Waals surface area (Å²) < 4.78 is 0. The Hall–Kier alpha value is -3.22. The zero-order chi connectivity index (χ0) is 37.8. The number of nitrogens with one attached hydrogen (secondary N) is 4. The molecule has 0 bridgehead atoms. The number of amides is 6. The Morgan fingerprint density at radius 1 is 0.840 bits per heavy atom. The van der Waals surface area contributed by atoms with Crippen LogP contribution in [0, 0.1) is 33.0 Å². The van der Waals surface area contributed by atoms with Gasteiger partial charge < -0.3 is 37.6 Å². The van der Waals surface area contributed by atoms with E-state index in [2.05, 4.69) is 35.1 Å². The van der Waals surface area contributed by atoms with Crippen molar-refractivity contribution in [3.05, 3.63) is 0 Å². The first-order valence-electron chi connectivity index (χ1n) is 18.4. The summed E-state index contributed by atoms with van der Waals surface area (Å²) in [6, 6.07) is -4.03. The SMILES string of the molecule is CC(C)(N)C(=O)NC[C@@H](NC(=O)N[C@H](C(=O)N1C[C@]2(C[C@H]1C(=O)NC(CC1CCC1)C(=O)C(N)=O)C(C)(C)C21CCC1)C(C)(C)C)C(C)(C)C. The molecule has 1 aliphatic heterocycles. The average Bonchev–Trinajstić information content (AvgIpc) is 3.16. The van der Waals surface area contributed by atoms with Crippen LogP contribution >= 0.6 is 0 Å². The molecule has 0 aromatic rings. The Kier molecular flexibility index (Phi) is 10.6. The molecule has 3 aliphatic carbocycles. The molecule has 5 atom stereocenters. The van der Waals surface area contributed by atoms with Crippen LogP contribution in [-0.2, 0) is 24.0 Å². The molecule has 13 heteroatoms. The number of fused-ring (bicyclic) bond motifs is 1. The quantitative estimate of drug-likeness (QED) is 0.168. The van der Waals surface area contributed by atoms with Crippen molar-refractivity contribution >= 4 is 35.4 Å². The molecule has 1 unspecified atom stereocenters. The molecule has 1 saturated heterocycles. The monoisotopic (exact) mass is 701 g/mol. The van der Waals surface area contributed by atoms with Gasteiger partial charge in [0.05, 0.1) is 17.6 Å². The van der Waals surface area contributed by atoms with Crippen LogP contribution in [0.4, 0.5) is 4.79 Å². The molecule has 6 amide bonds. The smallest absolute Gasteiger partial charge is 0.315 e. The highest BCUT2D eigenvalue weighted by atomic mass is 16.2. The number of primary amides is 1. The predicted molar refractivity (Wildman–Crippen MR) is 190 cm³/mol. The minimum Gasteiger partial charge on any atom is -0.363 e. The summed E-state index contributed by atoms with van der Waals surface area (Å²) in [5.41, 5.74) is 8.67. The summed E-state index contributed by atoms with van der Waals surface area (Å²) in [5, 5.41) is 11.5. The number of hydrogen-bond acceptors (Lipinski definition) is 7. The summed E-state index contributed by atoms with van der Waals surface area (Å²) >= 11 is 0. The van der Waals surface area contributed by atoms with E-state index in [1.54, 1.807) is 18.7 Å². The summed E-state index contributed by atoms with van der Waals surface area (Å²) in [6.45, 7) is 19.5. The van der Waals surface area contributed by atoms with Crippen LogP contribution in [0.5, 0.6) is 0 Å². The second-order valence-corrected chi connectivity index (χ2v) is 18.9. The number of nitrogens with zero attached hydrogens (tertiary/aromatic N) is 1. The minimum atomic E-state index is -1.09. The third-order valence-electron chi connectivity index (χ3n) is 12.9. The van der Waals surface area contributed by atoms with Gasteiger partial charge in [-0.05, 0) is 67.1 Å². The zero-order valence-electron chi connectivity index (χ0n) is 32.0. The van der Waals surface area contributed by atoms with Gasteiger partial charge in [0.25, 0.3) is 5.91 Å². The van der Waals surface area contributed by atoms with Gasteiger partial charge in [0, 0.05) is 18.5 Å². The summed E-state index contributed by atoms with van der Waals surface area (Å²) in [6.07, 6.45) is 6.78. The van der Waals surface area contributed by atoms with E-state index in [4.69, 9.17) is 11.5 Å². The van der Waals surface area contributed by atoms with Crippen LogP contribution in [0.25, 0.3) is 0 Å². The molecule has 13 nitrogen and oxygen atoms in total. The highest BCUT2D eigenvalue weighted by Crippen LogP contribution is 2.88. The Bertz CT molecular complexity index is 1380. The first kappa shape index (κ1) is 39.6. The molecule has 2 spiro atoms. The maximum Gasteiger partial charge on any atom is 0.315 e. The number of urea groups is 1. The maximum atomic E-state index is 14.7. The molecule has 4 fully saturated rings. The van der Waals surface area contributed by atoms with Gasteiger partial charge in [0.1, 0.15) is 12.1 Å². The number of hydrogen-bond donors (Lipinski definition) is 6.